The third-order valence-corrected chi connectivity index (χ3v) is 3.30. The Labute approximate surface area is 95.4 Å². The molecule has 0 unspecified atom stereocenters. The molecule has 0 aliphatic heterocycles. The van der Waals surface area contributed by atoms with Crippen LogP contribution in [0.2, 0.25) is 0 Å². The zero-order valence-corrected chi connectivity index (χ0v) is 9.63. The summed E-state index contributed by atoms with van der Waals surface area (Å²) in [4.78, 5) is 11.8. The normalized spacial score (nSPS) is 15.7. The molecule has 1 heterocycles. The Morgan fingerprint density at radius 2 is 2.13 bits per heavy atom. The van der Waals surface area contributed by atoms with Crippen molar-refractivity contribution in [2.75, 3.05) is 0 Å². The van der Waals surface area contributed by atoms with E-state index in [9.17, 15) is 4.79 Å². The summed E-state index contributed by atoms with van der Waals surface area (Å²) in [6.45, 7) is 0. The zero-order valence-electron chi connectivity index (χ0n) is 8.05. The summed E-state index contributed by atoms with van der Waals surface area (Å²) < 4.78 is 6.66. The van der Waals surface area contributed by atoms with Crippen LogP contribution >= 0.6 is 15.9 Å². The molecular formula is C12H9BrO2. The Balaban J connectivity index is 2.38. The lowest BCUT2D eigenvalue weighted by Crippen LogP contribution is -2.08. The predicted octanol–water partition coefficient (Wildman–Crippen LogP) is 3.71. The van der Waals surface area contributed by atoms with E-state index in [1.165, 1.54) is 0 Å². The summed E-state index contributed by atoms with van der Waals surface area (Å²) >= 11 is 3.41. The van der Waals surface area contributed by atoms with E-state index in [-0.39, 0.29) is 5.78 Å². The van der Waals surface area contributed by atoms with Gasteiger partial charge >= 0.3 is 0 Å². The van der Waals surface area contributed by atoms with Gasteiger partial charge in [0.15, 0.2) is 5.78 Å². The van der Waals surface area contributed by atoms with E-state index in [0.717, 1.165) is 39.6 Å². The fourth-order valence-electron chi connectivity index (χ4n) is 2.14. The number of furan rings is 1. The summed E-state index contributed by atoms with van der Waals surface area (Å²) in [7, 11) is 0. The fraction of sp³-hybridized carbons (Fsp3) is 0.250. The molecule has 0 saturated carbocycles. The Hall–Kier alpha value is -1.09. The van der Waals surface area contributed by atoms with Gasteiger partial charge in [0.1, 0.15) is 11.3 Å². The summed E-state index contributed by atoms with van der Waals surface area (Å²) in [5.41, 5.74) is 1.62. The minimum absolute atomic E-state index is 0.216. The summed E-state index contributed by atoms with van der Waals surface area (Å²) in [5, 5.41) is 0.948. The van der Waals surface area contributed by atoms with Gasteiger partial charge in [0.2, 0.25) is 0 Å². The van der Waals surface area contributed by atoms with Crippen molar-refractivity contribution in [3.8, 4) is 0 Å². The van der Waals surface area contributed by atoms with E-state index in [4.69, 9.17) is 4.42 Å². The van der Waals surface area contributed by atoms with Crippen molar-refractivity contribution in [1.82, 2.24) is 0 Å². The zero-order chi connectivity index (χ0) is 10.4. The quantitative estimate of drug-likeness (QED) is 0.726. The van der Waals surface area contributed by atoms with E-state index < -0.39 is 0 Å². The van der Waals surface area contributed by atoms with Crippen molar-refractivity contribution < 1.29 is 9.21 Å². The number of benzene rings is 1. The maximum Gasteiger partial charge on any atom is 0.167 e. The van der Waals surface area contributed by atoms with Crippen molar-refractivity contribution in [2.45, 2.75) is 19.3 Å². The van der Waals surface area contributed by atoms with Gasteiger partial charge in [-0.1, -0.05) is 15.9 Å². The molecule has 3 rings (SSSR count). The molecule has 0 atom stereocenters. The maximum absolute atomic E-state index is 11.8. The molecule has 76 valence electrons. The Kier molecular flexibility index (Phi) is 1.96. The lowest BCUT2D eigenvalue weighted by Gasteiger charge is -2.07. The number of aryl methyl sites for hydroxylation is 1. The second-order valence-corrected chi connectivity index (χ2v) is 4.73. The molecule has 0 fully saturated rings. The second-order valence-electron chi connectivity index (χ2n) is 3.82. The van der Waals surface area contributed by atoms with Gasteiger partial charge in [-0.25, -0.2) is 0 Å². The third kappa shape index (κ3) is 1.34. The predicted molar refractivity (Wildman–Crippen MR) is 61.2 cm³/mol. The van der Waals surface area contributed by atoms with Gasteiger partial charge in [-0.2, -0.15) is 0 Å². The molecule has 0 bridgehead atoms. The van der Waals surface area contributed by atoms with Gasteiger partial charge in [-0.3, -0.25) is 4.79 Å². The van der Waals surface area contributed by atoms with Crippen LogP contribution < -0.4 is 0 Å². The van der Waals surface area contributed by atoms with Crippen molar-refractivity contribution in [1.29, 1.82) is 0 Å². The third-order valence-electron chi connectivity index (χ3n) is 2.81. The number of hydrogen-bond acceptors (Lipinski definition) is 2. The van der Waals surface area contributed by atoms with Gasteiger partial charge in [0.05, 0.1) is 5.56 Å². The van der Waals surface area contributed by atoms with Gasteiger partial charge < -0.3 is 4.42 Å². The van der Waals surface area contributed by atoms with Crippen LogP contribution in [-0.2, 0) is 6.42 Å². The van der Waals surface area contributed by atoms with Crippen LogP contribution in [0.3, 0.4) is 0 Å². The number of Topliss-reactive ketones (excluding diaryl/α,β-unsaturated/α-hetero) is 1. The number of ketones is 1. The first-order valence-corrected chi connectivity index (χ1v) is 5.79. The van der Waals surface area contributed by atoms with Crippen LogP contribution in [0.4, 0.5) is 0 Å². The van der Waals surface area contributed by atoms with E-state index in [2.05, 4.69) is 15.9 Å². The summed E-state index contributed by atoms with van der Waals surface area (Å²) in [6.07, 6.45) is 2.44. The van der Waals surface area contributed by atoms with Crippen LogP contribution in [0.15, 0.2) is 27.1 Å². The molecule has 3 heteroatoms. The largest absolute Gasteiger partial charge is 0.460 e. The van der Waals surface area contributed by atoms with E-state index in [0.29, 0.717) is 6.42 Å². The van der Waals surface area contributed by atoms with Gasteiger partial charge in [-0.15, -0.1) is 0 Å². The smallest absolute Gasteiger partial charge is 0.167 e. The number of rotatable bonds is 0. The van der Waals surface area contributed by atoms with E-state index in [1.54, 1.807) is 0 Å². The first-order chi connectivity index (χ1) is 7.25. The van der Waals surface area contributed by atoms with Crippen LogP contribution in [-0.4, -0.2) is 5.78 Å². The number of carbonyl (C=O) groups is 1. The van der Waals surface area contributed by atoms with Crippen LogP contribution in [0.25, 0.3) is 11.0 Å². The summed E-state index contributed by atoms with van der Waals surface area (Å²) in [6, 6.07) is 5.80. The Morgan fingerprint density at radius 3 is 3.00 bits per heavy atom. The van der Waals surface area contributed by atoms with Crippen molar-refractivity contribution in [3.63, 3.8) is 0 Å². The highest BCUT2D eigenvalue weighted by Crippen LogP contribution is 2.33. The van der Waals surface area contributed by atoms with Crippen molar-refractivity contribution in [2.24, 2.45) is 0 Å². The first kappa shape index (κ1) is 9.16. The van der Waals surface area contributed by atoms with E-state index in [1.807, 2.05) is 18.2 Å². The molecule has 0 saturated heterocycles. The molecule has 2 nitrogen and oxygen atoms in total. The topological polar surface area (TPSA) is 30.2 Å². The van der Waals surface area contributed by atoms with Gasteiger partial charge in [0.25, 0.3) is 0 Å². The SMILES string of the molecule is O=C1CCCc2oc3ccc(Br)cc3c21. The maximum atomic E-state index is 11.8. The Bertz CT molecular complexity index is 554. The number of carbonyl (C=O) groups excluding carboxylic acids is 1. The monoisotopic (exact) mass is 264 g/mol. The fourth-order valence-corrected chi connectivity index (χ4v) is 2.50. The number of halogens is 1. The molecule has 0 radical (unpaired) electrons. The highest BCUT2D eigenvalue weighted by Gasteiger charge is 2.24. The minimum atomic E-state index is 0.216. The van der Waals surface area contributed by atoms with Gasteiger partial charge in [0, 0.05) is 22.7 Å². The molecular weight excluding hydrogens is 256 g/mol. The molecule has 1 aliphatic carbocycles. The molecule has 2 aromatic rings. The number of hydrogen-bond donors (Lipinski definition) is 0. The van der Waals surface area contributed by atoms with Gasteiger partial charge in [-0.05, 0) is 24.6 Å². The Morgan fingerprint density at radius 1 is 1.27 bits per heavy atom. The van der Waals surface area contributed by atoms with Crippen LogP contribution in [0, 0.1) is 0 Å². The molecule has 1 aromatic carbocycles. The lowest BCUT2D eigenvalue weighted by molar-refractivity contribution is 0.0971. The molecule has 0 spiro atoms. The summed E-state index contributed by atoms with van der Waals surface area (Å²) in [5.74, 6) is 1.08. The van der Waals surface area contributed by atoms with Crippen molar-refractivity contribution in [3.05, 3.63) is 34.0 Å². The molecule has 1 aromatic heterocycles. The lowest BCUT2D eigenvalue weighted by atomic mass is 9.95. The average molecular weight is 265 g/mol. The van der Waals surface area contributed by atoms with E-state index >= 15 is 0 Å². The second kappa shape index (κ2) is 3.20. The first-order valence-electron chi connectivity index (χ1n) is 5.00. The van der Waals surface area contributed by atoms with Crippen LogP contribution in [0.1, 0.15) is 29.0 Å². The standard InChI is InChI=1S/C12H9BrO2/c13-7-4-5-10-8(6-7)12-9(14)2-1-3-11(12)15-10/h4-6H,1-3H2. The highest BCUT2D eigenvalue weighted by atomic mass is 79.9. The van der Waals surface area contributed by atoms with Crippen LogP contribution in [0.5, 0.6) is 0 Å². The minimum Gasteiger partial charge on any atom is -0.460 e. The molecule has 1 aliphatic rings. The average Bonchev–Trinajstić information content (AvgIpc) is 2.57. The van der Waals surface area contributed by atoms with Crippen molar-refractivity contribution >= 4 is 32.7 Å². The number of fused-ring (bicyclic) bond motifs is 3. The molecule has 0 N–H and O–H groups in total. The highest BCUT2D eigenvalue weighted by molar-refractivity contribution is 9.10. The molecule has 0 amide bonds. The molecule has 15 heavy (non-hydrogen) atoms.